The van der Waals surface area contributed by atoms with Crippen LogP contribution in [0.2, 0.25) is 0 Å². The monoisotopic (exact) mass is 358 g/mol. The molecule has 1 heterocycles. The van der Waals surface area contributed by atoms with Crippen molar-refractivity contribution >= 4 is 5.96 Å². The lowest BCUT2D eigenvalue weighted by Gasteiger charge is -2.21. The highest BCUT2D eigenvalue weighted by Crippen LogP contribution is 2.16. The first-order valence-electron chi connectivity index (χ1n) is 8.69. The smallest absolute Gasteiger partial charge is 0.194 e. The molecular weight excluding hydrogens is 336 g/mol. The molecule has 0 spiro atoms. The van der Waals surface area contributed by atoms with Crippen molar-refractivity contribution in [3.63, 3.8) is 0 Å². The van der Waals surface area contributed by atoms with Crippen LogP contribution in [-0.4, -0.2) is 34.9 Å². The lowest BCUT2D eigenvalue weighted by molar-refractivity contribution is 0.464. The molecule has 2 N–H and O–H groups in total. The zero-order chi connectivity index (χ0) is 19.1. The van der Waals surface area contributed by atoms with Crippen molar-refractivity contribution in [1.29, 1.82) is 5.26 Å². The Hall–Kier alpha value is -3.59. The number of nitrogens with one attached hydrogen (secondary N) is 2. The lowest BCUT2D eigenvalue weighted by atomic mass is 10.1. The molecule has 1 aromatic heterocycles. The molecule has 0 aliphatic rings. The molecule has 6 nitrogen and oxygen atoms in total. The molecule has 0 fully saturated rings. The largest absolute Gasteiger partial charge is 0.352 e. The van der Waals surface area contributed by atoms with E-state index in [2.05, 4.69) is 38.5 Å². The van der Waals surface area contributed by atoms with E-state index < -0.39 is 0 Å². The van der Waals surface area contributed by atoms with E-state index in [4.69, 9.17) is 5.26 Å². The number of aliphatic imine (C=N–C) groups is 1. The molecule has 2 aromatic carbocycles. The Kier molecular flexibility index (Phi) is 5.85. The fourth-order valence-corrected chi connectivity index (χ4v) is 2.82. The van der Waals surface area contributed by atoms with Gasteiger partial charge in [0.2, 0.25) is 0 Å². The van der Waals surface area contributed by atoms with Crippen LogP contribution in [-0.2, 0) is 13.1 Å². The summed E-state index contributed by atoms with van der Waals surface area (Å²) in [6.45, 7) is 1.20. The number of aromatic nitrogens is 2. The molecule has 136 valence electrons. The molecule has 0 bridgehead atoms. The Bertz CT molecular complexity index is 952. The van der Waals surface area contributed by atoms with Gasteiger partial charge in [-0.3, -0.25) is 4.99 Å². The molecule has 0 aliphatic heterocycles. The highest BCUT2D eigenvalue weighted by atomic mass is 15.3. The van der Waals surface area contributed by atoms with Crippen LogP contribution in [0.25, 0.3) is 11.3 Å². The van der Waals surface area contributed by atoms with Gasteiger partial charge in [-0.25, -0.2) is 4.98 Å². The van der Waals surface area contributed by atoms with E-state index in [0.29, 0.717) is 18.7 Å². The third-order valence-corrected chi connectivity index (χ3v) is 4.18. The van der Waals surface area contributed by atoms with Gasteiger partial charge in [-0.05, 0) is 23.3 Å². The third kappa shape index (κ3) is 4.73. The van der Waals surface area contributed by atoms with Crippen molar-refractivity contribution in [1.82, 2.24) is 20.2 Å². The maximum Gasteiger partial charge on any atom is 0.194 e. The number of hydrogen-bond acceptors (Lipinski definition) is 3. The summed E-state index contributed by atoms with van der Waals surface area (Å²) in [5, 5.41) is 12.3. The topological polar surface area (TPSA) is 80.1 Å². The molecule has 3 aromatic rings. The minimum absolute atomic E-state index is 0.597. The predicted octanol–water partition coefficient (Wildman–Crippen LogP) is 3.16. The van der Waals surface area contributed by atoms with Gasteiger partial charge in [-0.1, -0.05) is 42.5 Å². The first-order valence-corrected chi connectivity index (χ1v) is 8.69. The molecule has 0 saturated carbocycles. The average Bonchev–Trinajstić information content (AvgIpc) is 3.18. The summed E-state index contributed by atoms with van der Waals surface area (Å²) in [5.41, 5.74) is 3.80. The van der Waals surface area contributed by atoms with Crippen LogP contribution in [0.4, 0.5) is 0 Å². The molecule has 0 aliphatic carbocycles. The van der Waals surface area contributed by atoms with Crippen LogP contribution in [0, 0.1) is 11.3 Å². The van der Waals surface area contributed by atoms with Gasteiger partial charge in [0.25, 0.3) is 0 Å². The number of guanidine groups is 1. The van der Waals surface area contributed by atoms with Crippen LogP contribution in [0.5, 0.6) is 0 Å². The Morgan fingerprint density at radius 3 is 2.78 bits per heavy atom. The zero-order valence-corrected chi connectivity index (χ0v) is 15.5. The fourth-order valence-electron chi connectivity index (χ4n) is 2.82. The fraction of sp³-hybridized carbons (Fsp3) is 0.190. The molecule has 6 heteroatoms. The van der Waals surface area contributed by atoms with Gasteiger partial charge in [0.1, 0.15) is 5.82 Å². The van der Waals surface area contributed by atoms with Gasteiger partial charge in [0.05, 0.1) is 30.1 Å². The van der Waals surface area contributed by atoms with E-state index in [1.807, 2.05) is 54.5 Å². The average molecular weight is 358 g/mol. The summed E-state index contributed by atoms with van der Waals surface area (Å²) in [4.78, 5) is 14.2. The predicted molar refractivity (Wildman–Crippen MR) is 107 cm³/mol. The highest BCUT2D eigenvalue weighted by Gasteiger charge is 2.10. The third-order valence-electron chi connectivity index (χ3n) is 4.18. The van der Waals surface area contributed by atoms with Crippen molar-refractivity contribution in [3.8, 4) is 17.3 Å². The van der Waals surface area contributed by atoms with Crippen molar-refractivity contribution in [3.05, 3.63) is 77.7 Å². The maximum absolute atomic E-state index is 9.01. The quantitative estimate of drug-likeness (QED) is 0.542. The Morgan fingerprint density at radius 2 is 2.04 bits per heavy atom. The van der Waals surface area contributed by atoms with E-state index in [9.17, 15) is 0 Å². The molecule has 27 heavy (non-hydrogen) atoms. The van der Waals surface area contributed by atoms with Gasteiger partial charge in [0.15, 0.2) is 5.96 Å². The van der Waals surface area contributed by atoms with E-state index in [0.717, 1.165) is 28.6 Å². The Labute approximate surface area is 159 Å². The highest BCUT2D eigenvalue weighted by molar-refractivity contribution is 5.79. The zero-order valence-electron chi connectivity index (χ0n) is 15.5. The first kappa shape index (κ1) is 18.2. The summed E-state index contributed by atoms with van der Waals surface area (Å²) in [7, 11) is 3.72. The number of aromatic amines is 1. The summed E-state index contributed by atoms with van der Waals surface area (Å²) >= 11 is 0. The van der Waals surface area contributed by atoms with Gasteiger partial charge in [-0.15, -0.1) is 0 Å². The number of H-pyrrole nitrogens is 1. The molecule has 3 rings (SSSR count). The number of hydrogen-bond donors (Lipinski definition) is 2. The van der Waals surface area contributed by atoms with E-state index in [-0.39, 0.29) is 0 Å². The van der Waals surface area contributed by atoms with Gasteiger partial charge in [-0.2, -0.15) is 5.26 Å². The van der Waals surface area contributed by atoms with E-state index >= 15 is 0 Å². The number of nitriles is 1. The number of nitrogens with zero attached hydrogens (tertiary/aromatic N) is 4. The number of imidazole rings is 1. The van der Waals surface area contributed by atoms with Crippen LogP contribution in [0.1, 0.15) is 17.0 Å². The van der Waals surface area contributed by atoms with Gasteiger partial charge >= 0.3 is 0 Å². The minimum atomic E-state index is 0.597. The Balaban J connectivity index is 1.61. The van der Waals surface area contributed by atoms with Crippen LogP contribution in [0.3, 0.4) is 0 Å². The molecular formula is C21H22N6. The van der Waals surface area contributed by atoms with Crippen molar-refractivity contribution in [2.75, 3.05) is 14.1 Å². The summed E-state index contributed by atoms with van der Waals surface area (Å²) in [6.07, 6.45) is 1.85. The summed E-state index contributed by atoms with van der Waals surface area (Å²) in [6, 6.07) is 19.8. The van der Waals surface area contributed by atoms with Crippen LogP contribution < -0.4 is 5.32 Å². The van der Waals surface area contributed by atoms with Crippen LogP contribution >= 0.6 is 0 Å². The summed E-state index contributed by atoms with van der Waals surface area (Å²) < 4.78 is 0. The van der Waals surface area contributed by atoms with Crippen LogP contribution in [0.15, 0.2) is 65.8 Å². The molecule has 0 radical (unpaired) electrons. The van der Waals surface area contributed by atoms with Crippen molar-refractivity contribution < 1.29 is 0 Å². The summed E-state index contributed by atoms with van der Waals surface area (Å²) in [5.74, 6) is 1.63. The molecule has 0 atom stereocenters. The first-order chi connectivity index (χ1) is 13.2. The Morgan fingerprint density at radius 1 is 1.22 bits per heavy atom. The molecule has 0 amide bonds. The van der Waals surface area contributed by atoms with Gasteiger partial charge in [0, 0.05) is 20.6 Å². The van der Waals surface area contributed by atoms with Crippen molar-refractivity contribution in [2.45, 2.75) is 13.1 Å². The second-order valence-corrected chi connectivity index (χ2v) is 6.18. The lowest BCUT2D eigenvalue weighted by Crippen LogP contribution is -2.38. The van der Waals surface area contributed by atoms with Gasteiger partial charge < -0.3 is 15.2 Å². The van der Waals surface area contributed by atoms with Crippen molar-refractivity contribution in [2.24, 2.45) is 4.99 Å². The number of rotatable bonds is 5. The standard InChI is InChI=1S/C21H22N6/c1-23-21(25-13-17-8-6-7-16(11-17)12-22)27(2)15-20-24-14-19(26-20)18-9-4-3-5-10-18/h3-11,14H,13,15H2,1-2H3,(H,23,25)(H,24,26). The second kappa shape index (κ2) is 8.68. The van der Waals surface area contributed by atoms with E-state index in [1.54, 1.807) is 13.1 Å². The molecule has 0 unspecified atom stereocenters. The minimum Gasteiger partial charge on any atom is -0.352 e. The normalized spacial score (nSPS) is 11.1. The second-order valence-electron chi connectivity index (χ2n) is 6.18. The van der Waals surface area contributed by atoms with E-state index in [1.165, 1.54) is 0 Å². The maximum atomic E-state index is 9.01. The SMILES string of the molecule is CN=C(NCc1cccc(C#N)c1)N(C)Cc1ncc(-c2ccccc2)[nH]1. The number of benzene rings is 2. The molecule has 0 saturated heterocycles.